The Labute approximate surface area is 217 Å². The number of fused-ring (bicyclic) bond motifs is 4. The second kappa shape index (κ2) is 9.13. The Morgan fingerprint density at radius 3 is 2.58 bits per heavy atom. The highest BCUT2D eigenvalue weighted by molar-refractivity contribution is 7.80. The number of hydrogen-bond acceptors (Lipinski definition) is 4. The van der Waals surface area contributed by atoms with Gasteiger partial charge in [-0.3, -0.25) is 9.69 Å². The molecule has 0 radical (unpaired) electrons. The van der Waals surface area contributed by atoms with E-state index < -0.39 is 17.7 Å². The maximum atomic E-state index is 14.0. The van der Waals surface area contributed by atoms with Crippen LogP contribution < -0.4 is 25.0 Å². The van der Waals surface area contributed by atoms with Crippen molar-refractivity contribution in [3.63, 3.8) is 0 Å². The van der Waals surface area contributed by atoms with Crippen molar-refractivity contribution in [1.29, 1.82) is 0 Å². The Morgan fingerprint density at radius 1 is 1.17 bits per heavy atom. The molecule has 2 aliphatic heterocycles. The van der Waals surface area contributed by atoms with Gasteiger partial charge in [0.2, 0.25) is 5.91 Å². The summed E-state index contributed by atoms with van der Waals surface area (Å²) >= 11 is 5.86. The first-order valence-electron chi connectivity index (χ1n) is 12.2. The monoisotopic (exact) mass is 501 g/mol. The van der Waals surface area contributed by atoms with E-state index in [0.717, 1.165) is 34.5 Å². The maximum Gasteiger partial charge on any atom is 0.236 e. The minimum Gasteiger partial charge on any atom is -0.493 e. The summed E-state index contributed by atoms with van der Waals surface area (Å²) in [6.45, 7) is 8.09. The summed E-state index contributed by atoms with van der Waals surface area (Å²) in [6, 6.07) is 19.6. The molecule has 0 aliphatic carbocycles. The summed E-state index contributed by atoms with van der Waals surface area (Å²) in [5, 5.41) is 7.13. The minimum absolute atomic E-state index is 0.145. The van der Waals surface area contributed by atoms with Crippen LogP contribution in [0.15, 0.2) is 60.7 Å². The average Bonchev–Trinajstić information content (AvgIpc) is 2.85. The Kier molecular flexibility index (Phi) is 6.12. The molecule has 2 bridgehead atoms. The molecule has 3 aromatic carbocycles. The Hall–Kier alpha value is -3.58. The third kappa shape index (κ3) is 3.88. The zero-order chi connectivity index (χ0) is 25.6. The third-order valence-corrected chi connectivity index (χ3v) is 7.53. The van der Waals surface area contributed by atoms with Gasteiger partial charge in [-0.15, -0.1) is 0 Å². The number of nitrogens with one attached hydrogen (secondary N) is 2. The van der Waals surface area contributed by atoms with Gasteiger partial charge in [-0.25, -0.2) is 0 Å². The fourth-order valence-electron chi connectivity index (χ4n) is 5.36. The number of carbonyl (C=O) groups excluding carboxylic acids is 1. The standard InChI is InChI=1S/C29H31N3O3S/c1-6-19-11-13-20(14-12-19)32-28(36)31-25-21-8-7-9-23(34-5)26(21)35-29(32,4)24(25)27(33)30-22-15-10-17(2)16-18(22)3/h7-16,24-25H,6H2,1-5H3,(H,30,33)(H,31,36)/t24-,25+,29+/m1/s1. The van der Waals surface area contributed by atoms with Crippen LogP contribution >= 0.6 is 12.2 Å². The lowest BCUT2D eigenvalue weighted by Crippen LogP contribution is -2.72. The topological polar surface area (TPSA) is 62.8 Å². The Bertz CT molecular complexity index is 1340. The van der Waals surface area contributed by atoms with E-state index in [9.17, 15) is 4.79 Å². The SMILES string of the molecule is CCc1ccc(N2C(=S)N[C@H]3c4cccc(OC)c4O[C@@]2(C)[C@H]3C(=O)Nc2ccc(C)cc2C)cc1. The number of nitrogens with zero attached hydrogens (tertiary/aromatic N) is 1. The van der Waals surface area contributed by atoms with Crippen LogP contribution in [0.1, 0.15) is 42.1 Å². The molecule has 1 saturated heterocycles. The normalized spacial score (nSPS) is 22.2. The number of aryl methyl sites for hydroxylation is 3. The molecule has 3 atom stereocenters. The van der Waals surface area contributed by atoms with Gasteiger partial charge in [0.1, 0.15) is 5.92 Å². The molecule has 2 heterocycles. The van der Waals surface area contributed by atoms with Gasteiger partial charge in [0.15, 0.2) is 22.3 Å². The van der Waals surface area contributed by atoms with Crippen LogP contribution in [-0.2, 0) is 11.2 Å². The highest BCUT2D eigenvalue weighted by atomic mass is 32.1. The van der Waals surface area contributed by atoms with Crippen molar-refractivity contribution in [3.05, 3.63) is 82.9 Å². The largest absolute Gasteiger partial charge is 0.493 e. The molecule has 7 heteroatoms. The number of carbonyl (C=O) groups is 1. The highest BCUT2D eigenvalue weighted by Gasteiger charge is 2.59. The fraction of sp³-hybridized carbons (Fsp3) is 0.310. The zero-order valence-corrected chi connectivity index (χ0v) is 22.0. The number of ether oxygens (including phenoxy) is 2. The molecule has 0 spiro atoms. The molecular weight excluding hydrogens is 470 g/mol. The van der Waals surface area contributed by atoms with Gasteiger partial charge in [0.05, 0.1) is 13.2 Å². The van der Waals surface area contributed by atoms with Gasteiger partial charge in [-0.05, 0) is 74.8 Å². The van der Waals surface area contributed by atoms with Gasteiger partial charge in [-0.2, -0.15) is 0 Å². The zero-order valence-electron chi connectivity index (χ0n) is 21.2. The minimum atomic E-state index is -1.11. The van der Waals surface area contributed by atoms with E-state index in [-0.39, 0.29) is 5.91 Å². The van der Waals surface area contributed by atoms with Crippen LogP contribution in [0, 0.1) is 19.8 Å². The van der Waals surface area contributed by atoms with Crippen LogP contribution in [0.2, 0.25) is 0 Å². The lowest BCUT2D eigenvalue weighted by molar-refractivity contribution is -0.130. The lowest BCUT2D eigenvalue weighted by atomic mass is 9.78. The summed E-state index contributed by atoms with van der Waals surface area (Å²) < 4.78 is 12.4. The summed E-state index contributed by atoms with van der Waals surface area (Å²) in [6.07, 6.45) is 0.935. The van der Waals surface area contributed by atoms with Crippen molar-refractivity contribution in [1.82, 2.24) is 5.32 Å². The number of benzene rings is 3. The quantitative estimate of drug-likeness (QED) is 0.439. The molecular formula is C29H31N3O3S. The van der Waals surface area contributed by atoms with E-state index in [1.165, 1.54) is 5.56 Å². The van der Waals surface area contributed by atoms with Crippen LogP contribution in [0.5, 0.6) is 11.5 Å². The van der Waals surface area contributed by atoms with Crippen molar-refractivity contribution >= 4 is 34.6 Å². The molecule has 2 N–H and O–H groups in total. The number of methoxy groups -OCH3 is 1. The summed E-state index contributed by atoms with van der Waals surface area (Å²) in [4.78, 5) is 16.0. The van der Waals surface area contributed by atoms with Crippen molar-refractivity contribution in [2.45, 2.75) is 45.9 Å². The molecule has 1 fully saturated rings. The average molecular weight is 502 g/mol. The predicted octanol–water partition coefficient (Wildman–Crippen LogP) is 5.67. The predicted molar refractivity (Wildman–Crippen MR) is 147 cm³/mol. The van der Waals surface area contributed by atoms with Gasteiger partial charge in [-0.1, -0.05) is 48.9 Å². The number of amides is 1. The third-order valence-electron chi connectivity index (χ3n) is 7.23. The molecule has 0 unspecified atom stereocenters. The molecule has 36 heavy (non-hydrogen) atoms. The first-order chi connectivity index (χ1) is 17.3. The van der Waals surface area contributed by atoms with E-state index in [0.29, 0.717) is 16.6 Å². The molecule has 2 aliphatic rings. The second-order valence-corrected chi connectivity index (χ2v) is 9.99. The van der Waals surface area contributed by atoms with Crippen LogP contribution in [0.25, 0.3) is 0 Å². The Morgan fingerprint density at radius 2 is 1.92 bits per heavy atom. The van der Waals surface area contributed by atoms with E-state index in [1.807, 2.05) is 68.1 Å². The van der Waals surface area contributed by atoms with Crippen molar-refractivity contribution in [2.75, 3.05) is 17.3 Å². The van der Waals surface area contributed by atoms with Crippen LogP contribution in [0.3, 0.4) is 0 Å². The van der Waals surface area contributed by atoms with Gasteiger partial charge < -0.3 is 20.1 Å². The van der Waals surface area contributed by atoms with Crippen LogP contribution in [0.4, 0.5) is 11.4 Å². The molecule has 0 aromatic heterocycles. The van der Waals surface area contributed by atoms with E-state index in [4.69, 9.17) is 21.7 Å². The molecule has 0 saturated carbocycles. The maximum absolute atomic E-state index is 14.0. The number of rotatable bonds is 5. The van der Waals surface area contributed by atoms with Crippen molar-refractivity contribution < 1.29 is 14.3 Å². The Balaban J connectivity index is 1.63. The number of para-hydroxylation sites is 1. The second-order valence-electron chi connectivity index (χ2n) is 9.60. The number of thiocarbonyl (C=S) groups is 1. The van der Waals surface area contributed by atoms with E-state index in [1.54, 1.807) is 7.11 Å². The molecule has 1 amide bonds. The number of anilines is 2. The molecule has 3 aromatic rings. The van der Waals surface area contributed by atoms with E-state index in [2.05, 4.69) is 35.8 Å². The van der Waals surface area contributed by atoms with Crippen molar-refractivity contribution in [2.24, 2.45) is 5.92 Å². The van der Waals surface area contributed by atoms with Gasteiger partial charge in [0.25, 0.3) is 0 Å². The molecule has 186 valence electrons. The molecule has 6 nitrogen and oxygen atoms in total. The van der Waals surface area contributed by atoms with Gasteiger partial charge >= 0.3 is 0 Å². The summed E-state index contributed by atoms with van der Waals surface area (Å²) in [7, 11) is 1.62. The highest BCUT2D eigenvalue weighted by Crippen LogP contribution is 2.52. The first-order valence-corrected chi connectivity index (χ1v) is 12.6. The number of hydrogen-bond donors (Lipinski definition) is 2. The molecule has 5 rings (SSSR count). The first kappa shape index (κ1) is 24.1. The summed E-state index contributed by atoms with van der Waals surface area (Å²) in [5.74, 6) is 0.476. The van der Waals surface area contributed by atoms with Crippen molar-refractivity contribution in [3.8, 4) is 11.5 Å². The fourth-order valence-corrected chi connectivity index (χ4v) is 5.78. The van der Waals surface area contributed by atoms with E-state index >= 15 is 0 Å². The summed E-state index contributed by atoms with van der Waals surface area (Å²) in [5.41, 5.74) is 4.75. The van der Waals surface area contributed by atoms with Crippen LogP contribution in [-0.4, -0.2) is 23.9 Å². The smallest absolute Gasteiger partial charge is 0.236 e. The lowest BCUT2D eigenvalue weighted by Gasteiger charge is -2.56. The van der Waals surface area contributed by atoms with Gasteiger partial charge in [0, 0.05) is 16.9 Å².